The molecule has 1 heterocycles. The second kappa shape index (κ2) is 5.00. The summed E-state index contributed by atoms with van der Waals surface area (Å²) in [5, 5.41) is 0.553. The molecule has 1 N–H and O–H groups in total. The van der Waals surface area contributed by atoms with Crippen molar-refractivity contribution in [2.45, 2.75) is 6.54 Å². The lowest BCUT2D eigenvalue weighted by Crippen LogP contribution is -2.01. The van der Waals surface area contributed by atoms with Gasteiger partial charge in [-0.15, -0.1) is 0 Å². The first kappa shape index (κ1) is 13.3. The highest BCUT2D eigenvalue weighted by atomic mass is 35.5. The first-order valence-corrected chi connectivity index (χ1v) is 6.66. The lowest BCUT2D eigenvalue weighted by Gasteiger charge is -2.06. The van der Waals surface area contributed by atoms with Gasteiger partial charge in [0.2, 0.25) is 0 Å². The third-order valence-electron chi connectivity index (χ3n) is 3.07. The molecule has 0 atom stereocenters. The van der Waals surface area contributed by atoms with Crippen LogP contribution in [0.5, 0.6) is 0 Å². The summed E-state index contributed by atoms with van der Waals surface area (Å²) in [5.74, 6) is -1.74. The molecule has 20 heavy (non-hydrogen) atoms. The van der Waals surface area contributed by atoms with Crippen molar-refractivity contribution in [3.63, 3.8) is 0 Å². The van der Waals surface area contributed by atoms with E-state index in [1.165, 1.54) is 6.07 Å². The predicted octanol–water partition coefficient (Wildman–Crippen LogP) is 4.68. The molecule has 0 amide bonds. The first-order valence-electron chi connectivity index (χ1n) is 5.87. The molecule has 2 nitrogen and oxygen atoms in total. The molecular weight excluding hydrogens is 302 g/mol. The highest BCUT2D eigenvalue weighted by Gasteiger charge is 2.10. The van der Waals surface area contributed by atoms with Gasteiger partial charge in [-0.25, -0.2) is 8.78 Å². The molecule has 1 aromatic heterocycles. The van der Waals surface area contributed by atoms with E-state index in [0.717, 1.165) is 23.2 Å². The van der Waals surface area contributed by atoms with E-state index in [0.29, 0.717) is 21.9 Å². The van der Waals surface area contributed by atoms with Crippen LogP contribution in [0, 0.1) is 16.4 Å². The summed E-state index contributed by atoms with van der Waals surface area (Å²) in [4.78, 5) is 3.04. The molecule has 2 aromatic carbocycles. The summed E-state index contributed by atoms with van der Waals surface area (Å²) < 4.78 is 28.4. The number of imidazole rings is 1. The third-order valence-corrected chi connectivity index (χ3v) is 3.70. The molecule has 0 aliphatic rings. The minimum absolute atomic E-state index is 0.319. The van der Waals surface area contributed by atoms with Gasteiger partial charge < -0.3 is 9.55 Å². The van der Waals surface area contributed by atoms with Gasteiger partial charge in [-0.1, -0.05) is 23.7 Å². The number of aromatic amines is 1. The van der Waals surface area contributed by atoms with Crippen molar-refractivity contribution < 1.29 is 8.78 Å². The van der Waals surface area contributed by atoms with Crippen LogP contribution in [0.3, 0.4) is 0 Å². The predicted molar refractivity (Wildman–Crippen MR) is 77.6 cm³/mol. The van der Waals surface area contributed by atoms with Gasteiger partial charge in [-0.05, 0) is 42.0 Å². The Labute approximate surface area is 123 Å². The first-order chi connectivity index (χ1) is 9.56. The van der Waals surface area contributed by atoms with Gasteiger partial charge in [0.25, 0.3) is 0 Å². The Balaban J connectivity index is 2.13. The van der Waals surface area contributed by atoms with Gasteiger partial charge in [-0.3, -0.25) is 0 Å². The van der Waals surface area contributed by atoms with Crippen LogP contribution in [0.2, 0.25) is 5.02 Å². The third kappa shape index (κ3) is 2.23. The minimum atomic E-state index is -0.875. The number of aromatic nitrogens is 2. The fraction of sp³-hybridized carbons (Fsp3) is 0.0714. The molecule has 0 saturated carbocycles. The highest BCUT2D eigenvalue weighted by molar-refractivity contribution is 7.71. The van der Waals surface area contributed by atoms with Gasteiger partial charge in [0, 0.05) is 0 Å². The quantitative estimate of drug-likeness (QED) is 0.682. The summed E-state index contributed by atoms with van der Waals surface area (Å²) in [5.41, 5.74) is 2.18. The summed E-state index contributed by atoms with van der Waals surface area (Å²) >= 11 is 11.4. The number of halogens is 3. The van der Waals surface area contributed by atoms with E-state index in [9.17, 15) is 8.78 Å². The van der Waals surface area contributed by atoms with Crippen molar-refractivity contribution in [1.29, 1.82) is 0 Å². The van der Waals surface area contributed by atoms with E-state index in [2.05, 4.69) is 4.98 Å². The monoisotopic (exact) mass is 310 g/mol. The normalized spacial score (nSPS) is 11.2. The summed E-state index contributed by atoms with van der Waals surface area (Å²) in [6.07, 6.45) is 0. The molecule has 0 aliphatic heterocycles. The van der Waals surface area contributed by atoms with Crippen LogP contribution < -0.4 is 0 Å². The number of fused-ring (bicyclic) bond motifs is 1. The van der Waals surface area contributed by atoms with Crippen molar-refractivity contribution in [3.05, 3.63) is 63.4 Å². The average molecular weight is 311 g/mol. The standard InChI is InChI=1S/C14H9ClF2N2S/c15-9-2-1-3-12-13(9)19(14(20)18-12)7-8-4-5-10(16)11(17)6-8/h1-6H,7H2,(H,18,20). The van der Waals surface area contributed by atoms with Crippen molar-refractivity contribution in [1.82, 2.24) is 9.55 Å². The highest BCUT2D eigenvalue weighted by Crippen LogP contribution is 2.24. The molecule has 0 spiro atoms. The Morgan fingerprint density at radius 1 is 1.15 bits per heavy atom. The van der Waals surface area contributed by atoms with E-state index in [-0.39, 0.29) is 0 Å². The van der Waals surface area contributed by atoms with E-state index < -0.39 is 11.6 Å². The number of hydrogen-bond donors (Lipinski definition) is 1. The maximum Gasteiger partial charge on any atom is 0.178 e. The minimum Gasteiger partial charge on any atom is -0.331 e. The largest absolute Gasteiger partial charge is 0.331 e. The SMILES string of the molecule is Fc1ccc(Cn2c(=S)[nH]c3cccc(Cl)c32)cc1F. The molecule has 3 aromatic rings. The Hall–Kier alpha value is -1.72. The smallest absolute Gasteiger partial charge is 0.178 e. The van der Waals surface area contributed by atoms with Crippen LogP contribution >= 0.6 is 23.8 Å². The number of hydrogen-bond acceptors (Lipinski definition) is 1. The second-order valence-corrected chi connectivity index (χ2v) is 5.19. The van der Waals surface area contributed by atoms with Crippen LogP contribution in [0.15, 0.2) is 36.4 Å². The molecule has 3 rings (SSSR count). The van der Waals surface area contributed by atoms with Gasteiger partial charge in [0.1, 0.15) is 0 Å². The molecule has 6 heteroatoms. The molecule has 0 bridgehead atoms. The van der Waals surface area contributed by atoms with Gasteiger partial charge in [-0.2, -0.15) is 0 Å². The van der Waals surface area contributed by atoms with Crippen molar-refractivity contribution in [3.8, 4) is 0 Å². The lowest BCUT2D eigenvalue weighted by molar-refractivity contribution is 0.506. The van der Waals surface area contributed by atoms with E-state index in [4.69, 9.17) is 23.8 Å². The maximum atomic E-state index is 13.3. The Morgan fingerprint density at radius 3 is 2.70 bits per heavy atom. The summed E-state index contributed by atoms with van der Waals surface area (Å²) in [6.45, 7) is 0.319. The average Bonchev–Trinajstić information content (AvgIpc) is 2.72. The zero-order chi connectivity index (χ0) is 14.3. The van der Waals surface area contributed by atoms with Crippen LogP contribution in [0.1, 0.15) is 5.56 Å². The van der Waals surface area contributed by atoms with Gasteiger partial charge >= 0.3 is 0 Å². The zero-order valence-corrected chi connectivity index (χ0v) is 11.7. The Morgan fingerprint density at radius 2 is 1.95 bits per heavy atom. The number of benzene rings is 2. The number of rotatable bonds is 2. The summed E-state index contributed by atoms with van der Waals surface area (Å²) in [7, 11) is 0. The summed E-state index contributed by atoms with van der Waals surface area (Å²) in [6, 6.07) is 9.22. The molecule has 0 aliphatic carbocycles. The van der Waals surface area contributed by atoms with Crippen molar-refractivity contribution in [2.24, 2.45) is 0 Å². The van der Waals surface area contributed by atoms with E-state index >= 15 is 0 Å². The number of nitrogens with zero attached hydrogens (tertiary/aromatic N) is 1. The van der Waals surface area contributed by atoms with Crippen molar-refractivity contribution in [2.75, 3.05) is 0 Å². The van der Waals surface area contributed by atoms with E-state index in [1.807, 2.05) is 12.1 Å². The number of nitrogens with one attached hydrogen (secondary N) is 1. The van der Waals surface area contributed by atoms with Crippen LogP contribution in [0.25, 0.3) is 11.0 Å². The fourth-order valence-electron chi connectivity index (χ4n) is 2.15. The van der Waals surface area contributed by atoms with Gasteiger partial charge in [0.05, 0.1) is 22.6 Å². The molecule has 0 saturated heterocycles. The fourth-order valence-corrected chi connectivity index (χ4v) is 2.69. The van der Waals surface area contributed by atoms with Crippen LogP contribution in [-0.2, 0) is 6.54 Å². The topological polar surface area (TPSA) is 20.7 Å². The zero-order valence-electron chi connectivity index (χ0n) is 10.2. The van der Waals surface area contributed by atoms with E-state index in [1.54, 1.807) is 10.6 Å². The Kier molecular flexibility index (Phi) is 3.31. The van der Waals surface area contributed by atoms with Crippen LogP contribution in [-0.4, -0.2) is 9.55 Å². The molecule has 0 fully saturated rings. The van der Waals surface area contributed by atoms with Gasteiger partial charge in [0.15, 0.2) is 16.4 Å². The second-order valence-electron chi connectivity index (χ2n) is 4.40. The molecule has 0 unspecified atom stereocenters. The molecular formula is C14H9ClF2N2S. The van der Waals surface area contributed by atoms with Crippen LogP contribution in [0.4, 0.5) is 8.78 Å². The van der Waals surface area contributed by atoms with Crippen molar-refractivity contribution >= 4 is 34.9 Å². The molecule has 102 valence electrons. The number of H-pyrrole nitrogens is 1. The Bertz CT molecular complexity index is 854. The molecule has 0 radical (unpaired) electrons. The maximum absolute atomic E-state index is 13.3. The number of para-hydroxylation sites is 1. The lowest BCUT2D eigenvalue weighted by atomic mass is 10.2.